The molecule has 0 radical (unpaired) electrons. The number of rotatable bonds is 6. The first-order valence-corrected chi connectivity index (χ1v) is 12.8. The summed E-state index contributed by atoms with van der Waals surface area (Å²) in [6.07, 6.45) is 4.36. The average Bonchev–Trinajstić information content (AvgIpc) is 3.27. The van der Waals surface area contributed by atoms with E-state index >= 15 is 0 Å². The summed E-state index contributed by atoms with van der Waals surface area (Å²) < 4.78 is 7.44. The third-order valence-corrected chi connectivity index (χ3v) is 6.81. The van der Waals surface area contributed by atoms with Gasteiger partial charge in [-0.2, -0.15) is 5.10 Å². The molecule has 0 bridgehead atoms. The standard InChI is InChI=1S/C28H25Cl2N5O3/c1-14(2)33-28(37)25-21-5-4-15-7-24(38-3)22(16-6-17(27(31)36)13-32-12-16)11-23(15)26(21)35(34-25)20-9-18(29)8-19(30)10-20/h6-14H,4-5H2,1-3H3,(H2,31,36)(H,33,37). The number of amides is 2. The molecule has 0 fully saturated rings. The highest BCUT2D eigenvalue weighted by molar-refractivity contribution is 6.34. The lowest BCUT2D eigenvalue weighted by molar-refractivity contribution is 0.0935. The van der Waals surface area contributed by atoms with Crippen LogP contribution in [0.25, 0.3) is 28.1 Å². The highest BCUT2D eigenvalue weighted by Crippen LogP contribution is 2.43. The Kier molecular flexibility index (Phi) is 6.86. The first-order chi connectivity index (χ1) is 18.2. The van der Waals surface area contributed by atoms with Crippen molar-refractivity contribution in [3.63, 3.8) is 0 Å². The van der Waals surface area contributed by atoms with Gasteiger partial charge < -0.3 is 15.8 Å². The Morgan fingerprint density at radius 2 is 1.76 bits per heavy atom. The largest absolute Gasteiger partial charge is 0.496 e. The molecule has 38 heavy (non-hydrogen) atoms. The Balaban J connectivity index is 1.78. The first kappa shape index (κ1) is 25.8. The van der Waals surface area contributed by atoms with Gasteiger partial charge >= 0.3 is 0 Å². The quantitative estimate of drug-likeness (QED) is 0.341. The zero-order valence-electron chi connectivity index (χ0n) is 21.0. The maximum atomic E-state index is 13.2. The maximum absolute atomic E-state index is 13.2. The van der Waals surface area contributed by atoms with Gasteiger partial charge in [0.25, 0.3) is 5.91 Å². The van der Waals surface area contributed by atoms with Gasteiger partial charge in [-0.25, -0.2) is 4.68 Å². The molecule has 3 N–H and O–H groups in total. The first-order valence-electron chi connectivity index (χ1n) is 12.0. The highest BCUT2D eigenvalue weighted by Gasteiger charge is 2.30. The van der Waals surface area contributed by atoms with Crippen molar-refractivity contribution in [3.8, 4) is 33.8 Å². The number of fused-ring (bicyclic) bond motifs is 3. The van der Waals surface area contributed by atoms with Gasteiger partial charge in [0.15, 0.2) is 5.69 Å². The minimum atomic E-state index is -0.574. The minimum Gasteiger partial charge on any atom is -0.496 e. The SMILES string of the molecule is COc1cc2c(cc1-c1cncc(C(N)=O)c1)-c1c(c(C(=O)NC(C)C)nn1-c1cc(Cl)cc(Cl)c1)CC2. The van der Waals surface area contributed by atoms with Crippen LogP contribution < -0.4 is 15.8 Å². The van der Waals surface area contributed by atoms with E-state index in [0.717, 1.165) is 27.9 Å². The van der Waals surface area contributed by atoms with Gasteiger partial charge in [-0.1, -0.05) is 23.2 Å². The molecule has 1 aliphatic rings. The summed E-state index contributed by atoms with van der Waals surface area (Å²) in [5, 5.41) is 8.61. The Bertz CT molecular complexity index is 1580. The van der Waals surface area contributed by atoms with Gasteiger partial charge in [-0.15, -0.1) is 0 Å². The molecule has 5 rings (SSSR count). The third-order valence-electron chi connectivity index (χ3n) is 6.37. The van der Waals surface area contributed by atoms with E-state index in [4.69, 9.17) is 38.8 Å². The number of aryl methyl sites for hydroxylation is 1. The molecule has 0 spiro atoms. The summed E-state index contributed by atoms with van der Waals surface area (Å²) >= 11 is 12.7. The summed E-state index contributed by atoms with van der Waals surface area (Å²) in [6.45, 7) is 3.81. The molecule has 0 atom stereocenters. The van der Waals surface area contributed by atoms with E-state index in [9.17, 15) is 9.59 Å². The van der Waals surface area contributed by atoms with Crippen molar-refractivity contribution in [1.29, 1.82) is 0 Å². The zero-order valence-corrected chi connectivity index (χ0v) is 22.5. The normalized spacial score (nSPS) is 12.2. The number of ether oxygens (including phenoxy) is 1. The smallest absolute Gasteiger partial charge is 0.272 e. The van der Waals surface area contributed by atoms with Crippen LogP contribution in [0.1, 0.15) is 45.8 Å². The summed E-state index contributed by atoms with van der Waals surface area (Å²) in [4.78, 5) is 29.2. The second-order valence-corrected chi connectivity index (χ2v) is 10.3. The summed E-state index contributed by atoms with van der Waals surface area (Å²) in [5.74, 6) is -0.195. The van der Waals surface area contributed by atoms with E-state index in [0.29, 0.717) is 45.6 Å². The third kappa shape index (κ3) is 4.73. The molecule has 4 aromatic rings. The van der Waals surface area contributed by atoms with E-state index in [1.165, 1.54) is 6.20 Å². The number of hydrogen-bond acceptors (Lipinski definition) is 5. The van der Waals surface area contributed by atoms with Crippen molar-refractivity contribution in [2.75, 3.05) is 7.11 Å². The lowest BCUT2D eigenvalue weighted by atomic mass is 9.86. The van der Waals surface area contributed by atoms with Crippen LogP contribution >= 0.6 is 23.2 Å². The van der Waals surface area contributed by atoms with Crippen molar-refractivity contribution >= 4 is 35.0 Å². The van der Waals surface area contributed by atoms with Gasteiger partial charge in [0.2, 0.25) is 5.91 Å². The monoisotopic (exact) mass is 549 g/mol. The van der Waals surface area contributed by atoms with Gasteiger partial charge in [-0.05, 0) is 68.7 Å². The van der Waals surface area contributed by atoms with Gasteiger partial charge in [-0.3, -0.25) is 14.6 Å². The molecule has 10 heteroatoms. The highest BCUT2D eigenvalue weighted by atomic mass is 35.5. The predicted molar refractivity (Wildman–Crippen MR) is 147 cm³/mol. The lowest BCUT2D eigenvalue weighted by Crippen LogP contribution is -2.31. The van der Waals surface area contributed by atoms with E-state index in [2.05, 4.69) is 10.3 Å². The second-order valence-electron chi connectivity index (χ2n) is 9.38. The number of nitrogens with zero attached hydrogens (tertiary/aromatic N) is 3. The molecule has 194 valence electrons. The molecule has 0 unspecified atom stereocenters. The van der Waals surface area contributed by atoms with Crippen molar-refractivity contribution in [1.82, 2.24) is 20.1 Å². The number of carbonyl (C=O) groups is 2. The predicted octanol–water partition coefficient (Wildman–Crippen LogP) is 5.25. The lowest BCUT2D eigenvalue weighted by Gasteiger charge is -2.22. The number of benzene rings is 2. The number of primary amides is 1. The van der Waals surface area contributed by atoms with Crippen LogP contribution in [-0.2, 0) is 12.8 Å². The van der Waals surface area contributed by atoms with Crippen molar-refractivity contribution in [2.45, 2.75) is 32.7 Å². The molecule has 8 nitrogen and oxygen atoms in total. The van der Waals surface area contributed by atoms with Crippen LogP contribution in [-0.4, -0.2) is 39.7 Å². The van der Waals surface area contributed by atoms with Crippen molar-refractivity contribution in [2.24, 2.45) is 5.73 Å². The molecule has 2 heterocycles. The van der Waals surface area contributed by atoms with E-state index in [-0.39, 0.29) is 17.5 Å². The van der Waals surface area contributed by atoms with E-state index < -0.39 is 5.91 Å². The van der Waals surface area contributed by atoms with Crippen molar-refractivity contribution in [3.05, 3.63) is 81.2 Å². The van der Waals surface area contributed by atoms with Gasteiger partial charge in [0.1, 0.15) is 5.75 Å². The van der Waals surface area contributed by atoms with Crippen LogP contribution in [0.5, 0.6) is 5.75 Å². The fraction of sp³-hybridized carbons (Fsp3) is 0.214. The molecule has 1 aliphatic carbocycles. The minimum absolute atomic E-state index is 0.0549. The number of pyridine rings is 1. The molecule has 0 saturated heterocycles. The van der Waals surface area contributed by atoms with E-state index in [1.54, 1.807) is 42.3 Å². The Labute approximate surface area is 229 Å². The number of nitrogens with two attached hydrogens (primary N) is 1. The Morgan fingerprint density at radius 3 is 2.42 bits per heavy atom. The fourth-order valence-electron chi connectivity index (χ4n) is 4.75. The maximum Gasteiger partial charge on any atom is 0.272 e. The van der Waals surface area contributed by atoms with Crippen LogP contribution in [0.4, 0.5) is 0 Å². The summed E-state index contributed by atoms with van der Waals surface area (Å²) in [7, 11) is 1.59. The van der Waals surface area contributed by atoms with Crippen LogP contribution in [0.2, 0.25) is 10.0 Å². The summed E-state index contributed by atoms with van der Waals surface area (Å²) in [6, 6.07) is 10.7. The second kappa shape index (κ2) is 10.1. The van der Waals surface area contributed by atoms with E-state index in [1.807, 2.05) is 26.0 Å². The Morgan fingerprint density at radius 1 is 1.03 bits per heavy atom. The molecule has 2 aromatic carbocycles. The zero-order chi connectivity index (χ0) is 27.1. The fourth-order valence-corrected chi connectivity index (χ4v) is 5.27. The number of methoxy groups -OCH3 is 1. The topological polar surface area (TPSA) is 112 Å². The van der Waals surface area contributed by atoms with Crippen molar-refractivity contribution < 1.29 is 14.3 Å². The number of aromatic nitrogens is 3. The molecular weight excluding hydrogens is 525 g/mol. The van der Waals surface area contributed by atoms with Crippen LogP contribution in [0.3, 0.4) is 0 Å². The summed E-state index contributed by atoms with van der Waals surface area (Å²) in [5.41, 5.74) is 11.7. The van der Waals surface area contributed by atoms with Crippen LogP contribution in [0.15, 0.2) is 48.8 Å². The van der Waals surface area contributed by atoms with Crippen LogP contribution in [0, 0.1) is 0 Å². The van der Waals surface area contributed by atoms with Gasteiger partial charge in [0, 0.05) is 50.7 Å². The van der Waals surface area contributed by atoms with Gasteiger partial charge in [0.05, 0.1) is 24.1 Å². The Hall–Kier alpha value is -3.88. The molecule has 2 aromatic heterocycles. The average molecular weight is 550 g/mol. The molecular formula is C28H25Cl2N5O3. The number of halogens is 2. The molecule has 0 saturated carbocycles. The molecule has 0 aliphatic heterocycles. The number of hydrogen-bond donors (Lipinski definition) is 2. The number of carbonyl (C=O) groups excluding carboxylic acids is 2. The number of nitrogens with one attached hydrogen (secondary N) is 1. The molecule has 2 amide bonds.